The molecule has 0 aliphatic carbocycles. The summed E-state index contributed by atoms with van der Waals surface area (Å²) in [5.41, 5.74) is 4.42. The SMILES string of the molecule is CN(CBr)CCc1ccc2nc[nH]c2c1. The first-order chi connectivity index (χ1) is 7.29. The Morgan fingerprint density at radius 1 is 1.47 bits per heavy atom. The number of alkyl halides is 1. The van der Waals surface area contributed by atoms with Gasteiger partial charge in [0.25, 0.3) is 0 Å². The van der Waals surface area contributed by atoms with Crippen molar-refractivity contribution in [3.05, 3.63) is 30.1 Å². The second-order valence-electron chi connectivity index (χ2n) is 3.70. The maximum absolute atomic E-state index is 4.20. The van der Waals surface area contributed by atoms with Gasteiger partial charge >= 0.3 is 0 Å². The number of nitrogens with zero attached hydrogens (tertiary/aromatic N) is 2. The molecular formula is C11H14BrN3. The van der Waals surface area contributed by atoms with Crippen LogP contribution < -0.4 is 0 Å². The molecule has 0 bridgehead atoms. The Hall–Kier alpha value is -0.870. The number of imidazole rings is 1. The number of H-pyrrole nitrogens is 1. The molecule has 1 N–H and O–H groups in total. The van der Waals surface area contributed by atoms with Crippen LogP contribution in [0.5, 0.6) is 0 Å². The van der Waals surface area contributed by atoms with Crippen LogP contribution in [-0.4, -0.2) is 33.9 Å². The summed E-state index contributed by atoms with van der Waals surface area (Å²) in [4.78, 5) is 9.56. The molecule has 0 unspecified atom stereocenters. The number of rotatable bonds is 4. The van der Waals surface area contributed by atoms with Crippen molar-refractivity contribution in [1.82, 2.24) is 14.9 Å². The minimum Gasteiger partial charge on any atom is -0.345 e. The first-order valence-electron chi connectivity index (χ1n) is 4.96. The van der Waals surface area contributed by atoms with E-state index in [1.165, 1.54) is 5.56 Å². The van der Waals surface area contributed by atoms with E-state index in [-0.39, 0.29) is 0 Å². The molecule has 3 nitrogen and oxygen atoms in total. The molecule has 15 heavy (non-hydrogen) atoms. The van der Waals surface area contributed by atoms with Gasteiger partial charge in [-0.1, -0.05) is 22.0 Å². The third-order valence-electron chi connectivity index (χ3n) is 2.47. The molecule has 1 aromatic carbocycles. The number of aromatic amines is 1. The van der Waals surface area contributed by atoms with Gasteiger partial charge in [-0.05, 0) is 31.2 Å². The van der Waals surface area contributed by atoms with E-state index in [1.54, 1.807) is 6.33 Å². The highest BCUT2D eigenvalue weighted by atomic mass is 79.9. The molecular weight excluding hydrogens is 254 g/mol. The van der Waals surface area contributed by atoms with E-state index in [1.807, 2.05) is 0 Å². The number of likely N-dealkylation sites (N-methyl/N-ethyl adjacent to an activating group) is 1. The molecule has 0 aliphatic heterocycles. The summed E-state index contributed by atoms with van der Waals surface area (Å²) in [5.74, 6) is 0. The minimum atomic E-state index is 0.916. The van der Waals surface area contributed by atoms with Crippen LogP contribution in [0.2, 0.25) is 0 Å². The molecule has 0 aliphatic rings. The molecule has 2 aromatic rings. The van der Waals surface area contributed by atoms with Crippen molar-refractivity contribution in [3.63, 3.8) is 0 Å². The minimum absolute atomic E-state index is 0.916. The smallest absolute Gasteiger partial charge is 0.0931 e. The summed E-state index contributed by atoms with van der Waals surface area (Å²) in [6.07, 6.45) is 2.80. The second-order valence-corrected chi connectivity index (χ2v) is 4.20. The van der Waals surface area contributed by atoms with Crippen molar-refractivity contribution < 1.29 is 0 Å². The Bertz CT molecular complexity index is 438. The van der Waals surface area contributed by atoms with E-state index < -0.39 is 0 Å². The normalized spacial score (nSPS) is 11.4. The second kappa shape index (κ2) is 4.77. The average Bonchev–Trinajstić information content (AvgIpc) is 2.72. The number of hydrogen-bond acceptors (Lipinski definition) is 2. The molecule has 1 heterocycles. The zero-order valence-corrected chi connectivity index (χ0v) is 10.3. The van der Waals surface area contributed by atoms with Gasteiger partial charge in [-0.15, -0.1) is 0 Å². The zero-order valence-electron chi connectivity index (χ0n) is 8.70. The molecule has 0 fully saturated rings. The monoisotopic (exact) mass is 267 g/mol. The van der Waals surface area contributed by atoms with Gasteiger partial charge < -0.3 is 4.98 Å². The Labute approximate surface area is 97.6 Å². The fourth-order valence-electron chi connectivity index (χ4n) is 1.52. The molecule has 1 aromatic heterocycles. The van der Waals surface area contributed by atoms with E-state index in [4.69, 9.17) is 0 Å². The molecule has 0 saturated carbocycles. The van der Waals surface area contributed by atoms with Gasteiger partial charge in [-0.3, -0.25) is 4.90 Å². The highest BCUT2D eigenvalue weighted by Crippen LogP contribution is 2.12. The van der Waals surface area contributed by atoms with Gasteiger partial charge in [0.2, 0.25) is 0 Å². The molecule has 4 heteroatoms. The number of aromatic nitrogens is 2. The van der Waals surface area contributed by atoms with Gasteiger partial charge in [-0.25, -0.2) is 4.98 Å². The van der Waals surface area contributed by atoms with E-state index in [0.717, 1.165) is 29.5 Å². The van der Waals surface area contributed by atoms with Crippen LogP contribution in [0, 0.1) is 0 Å². The Kier molecular flexibility index (Phi) is 3.38. The summed E-state index contributed by atoms with van der Waals surface area (Å²) in [5, 5.41) is 0. The lowest BCUT2D eigenvalue weighted by molar-refractivity contribution is 0.401. The van der Waals surface area contributed by atoms with Crippen molar-refractivity contribution in [2.24, 2.45) is 0 Å². The summed E-state index contributed by atoms with van der Waals surface area (Å²) in [7, 11) is 2.10. The molecule has 0 atom stereocenters. The standard InChI is InChI=1S/C11H14BrN3/c1-15(7-12)5-4-9-2-3-10-11(6-9)14-8-13-10/h2-3,6,8H,4-5,7H2,1H3,(H,13,14). The fraction of sp³-hybridized carbons (Fsp3) is 0.364. The van der Waals surface area contributed by atoms with Gasteiger partial charge in [0.05, 0.1) is 22.8 Å². The van der Waals surface area contributed by atoms with Crippen LogP contribution in [0.15, 0.2) is 24.5 Å². The topological polar surface area (TPSA) is 31.9 Å². The highest BCUT2D eigenvalue weighted by molar-refractivity contribution is 9.09. The van der Waals surface area contributed by atoms with Crippen LogP contribution >= 0.6 is 15.9 Å². The average molecular weight is 268 g/mol. The number of hydrogen-bond donors (Lipinski definition) is 1. The van der Waals surface area contributed by atoms with Gasteiger partial charge in [0, 0.05) is 6.54 Å². The van der Waals surface area contributed by atoms with Crippen LogP contribution in [0.25, 0.3) is 11.0 Å². The summed E-state index contributed by atoms with van der Waals surface area (Å²) in [6.45, 7) is 1.06. The third-order valence-corrected chi connectivity index (χ3v) is 3.33. The molecule has 0 spiro atoms. The van der Waals surface area contributed by atoms with E-state index in [9.17, 15) is 0 Å². The lowest BCUT2D eigenvalue weighted by Crippen LogP contribution is -2.18. The first-order valence-corrected chi connectivity index (χ1v) is 6.08. The Balaban J connectivity index is 2.08. The number of halogens is 1. The Morgan fingerprint density at radius 2 is 2.33 bits per heavy atom. The number of nitrogens with one attached hydrogen (secondary N) is 1. The molecule has 2 rings (SSSR count). The van der Waals surface area contributed by atoms with Crippen LogP contribution in [0.4, 0.5) is 0 Å². The quantitative estimate of drug-likeness (QED) is 0.682. The van der Waals surface area contributed by atoms with Crippen molar-refractivity contribution in [1.29, 1.82) is 0 Å². The third kappa shape index (κ3) is 2.58. The fourth-order valence-corrected chi connectivity index (χ4v) is 1.77. The zero-order chi connectivity index (χ0) is 10.7. The van der Waals surface area contributed by atoms with Crippen molar-refractivity contribution in [2.75, 3.05) is 19.0 Å². The summed E-state index contributed by atoms with van der Waals surface area (Å²) >= 11 is 3.43. The maximum atomic E-state index is 4.20. The number of fused-ring (bicyclic) bond motifs is 1. The summed E-state index contributed by atoms with van der Waals surface area (Å²) in [6, 6.07) is 6.38. The van der Waals surface area contributed by atoms with E-state index in [0.29, 0.717) is 0 Å². The van der Waals surface area contributed by atoms with E-state index in [2.05, 4.69) is 56.0 Å². The van der Waals surface area contributed by atoms with Gasteiger partial charge in [-0.2, -0.15) is 0 Å². The predicted molar refractivity (Wildman–Crippen MR) is 66.2 cm³/mol. The Morgan fingerprint density at radius 3 is 3.13 bits per heavy atom. The molecule has 0 amide bonds. The maximum Gasteiger partial charge on any atom is 0.0931 e. The lowest BCUT2D eigenvalue weighted by atomic mass is 10.1. The van der Waals surface area contributed by atoms with Crippen LogP contribution in [0.3, 0.4) is 0 Å². The number of benzene rings is 1. The van der Waals surface area contributed by atoms with Crippen molar-refractivity contribution >= 4 is 27.0 Å². The van der Waals surface area contributed by atoms with Crippen LogP contribution in [-0.2, 0) is 6.42 Å². The van der Waals surface area contributed by atoms with Crippen molar-refractivity contribution in [2.45, 2.75) is 6.42 Å². The largest absolute Gasteiger partial charge is 0.345 e. The van der Waals surface area contributed by atoms with E-state index >= 15 is 0 Å². The molecule has 0 saturated heterocycles. The molecule has 80 valence electrons. The van der Waals surface area contributed by atoms with Crippen LogP contribution in [0.1, 0.15) is 5.56 Å². The van der Waals surface area contributed by atoms with Gasteiger partial charge in [0.1, 0.15) is 0 Å². The lowest BCUT2D eigenvalue weighted by Gasteiger charge is -2.12. The molecule has 0 radical (unpaired) electrons. The van der Waals surface area contributed by atoms with Gasteiger partial charge in [0.15, 0.2) is 0 Å². The summed E-state index contributed by atoms with van der Waals surface area (Å²) < 4.78 is 0. The predicted octanol–water partition coefficient (Wildman–Crippen LogP) is 2.39. The first kappa shape index (κ1) is 10.6. The highest BCUT2D eigenvalue weighted by Gasteiger charge is 2.00. The van der Waals surface area contributed by atoms with Crippen molar-refractivity contribution in [3.8, 4) is 0 Å².